The van der Waals surface area contributed by atoms with Gasteiger partial charge in [0.05, 0.1) is 17.3 Å². The van der Waals surface area contributed by atoms with Gasteiger partial charge in [-0.05, 0) is 5.92 Å². The zero-order valence-corrected chi connectivity index (χ0v) is 10.8. The summed E-state index contributed by atoms with van der Waals surface area (Å²) in [7, 11) is 1.63. The summed E-state index contributed by atoms with van der Waals surface area (Å²) in [5.41, 5.74) is 0.676. The molecule has 1 N–H and O–H groups in total. The lowest BCUT2D eigenvalue weighted by Gasteiger charge is -2.05. The van der Waals surface area contributed by atoms with Gasteiger partial charge in [0.25, 0.3) is 0 Å². The maximum atomic E-state index is 11.1. The Kier molecular flexibility index (Phi) is 4.44. The van der Waals surface area contributed by atoms with E-state index in [1.165, 1.54) is 11.3 Å². The molecule has 0 aliphatic heterocycles. The number of carboxylic acids is 1. The van der Waals surface area contributed by atoms with Crippen LogP contribution in [0.5, 0.6) is 0 Å². The normalized spacial score (nSPS) is 13.1. The highest BCUT2D eigenvalue weighted by molar-refractivity contribution is 7.13. The van der Waals surface area contributed by atoms with Crippen LogP contribution in [0.4, 0.5) is 0 Å². The van der Waals surface area contributed by atoms with E-state index >= 15 is 0 Å². The fraction of sp³-hybridized carbons (Fsp3) is 0.636. The van der Waals surface area contributed by atoms with Gasteiger partial charge in [0, 0.05) is 13.0 Å². The van der Waals surface area contributed by atoms with Crippen LogP contribution in [0.1, 0.15) is 53.0 Å². The molecule has 16 heavy (non-hydrogen) atoms. The number of thiazole rings is 1. The van der Waals surface area contributed by atoms with Crippen molar-refractivity contribution in [1.29, 1.82) is 0 Å². The summed E-state index contributed by atoms with van der Waals surface area (Å²) in [5.74, 6) is -0.622. The average Bonchev–Trinajstić information content (AvgIpc) is 2.62. The van der Waals surface area contributed by atoms with Gasteiger partial charge in [-0.3, -0.25) is 0 Å². The molecule has 0 saturated carbocycles. The first-order chi connectivity index (χ1) is 7.47. The molecule has 0 amide bonds. The minimum absolute atomic E-state index is 0.130. The number of methoxy groups -OCH3 is 1. The Labute approximate surface area is 99.3 Å². The molecule has 1 unspecified atom stereocenters. The van der Waals surface area contributed by atoms with Crippen LogP contribution in [0.15, 0.2) is 0 Å². The second-order valence-corrected chi connectivity index (χ2v) is 5.11. The Morgan fingerprint density at radius 3 is 2.50 bits per heavy atom. The number of carbonyl (C=O) groups is 1. The van der Waals surface area contributed by atoms with Crippen molar-refractivity contribution in [2.75, 3.05) is 13.7 Å². The van der Waals surface area contributed by atoms with Gasteiger partial charge in [-0.2, -0.15) is 0 Å². The lowest BCUT2D eigenvalue weighted by molar-refractivity contribution is 0.0700. The number of aromatic carboxylic acids is 1. The first-order valence-corrected chi connectivity index (χ1v) is 6.01. The van der Waals surface area contributed by atoms with Gasteiger partial charge in [0.2, 0.25) is 0 Å². The fourth-order valence-electron chi connectivity index (χ4n) is 1.43. The van der Waals surface area contributed by atoms with Crippen LogP contribution >= 0.6 is 11.3 Å². The van der Waals surface area contributed by atoms with Crippen LogP contribution in [0, 0.1) is 0 Å². The largest absolute Gasteiger partial charge is 0.477 e. The molecule has 0 aromatic carbocycles. The minimum Gasteiger partial charge on any atom is -0.477 e. The standard InChI is InChI=1S/C11H17NO3S/c1-6(2)8-9(11(13)14)16-10(12-8)7(3)5-15-4/h6-7H,5H2,1-4H3,(H,13,14). The van der Waals surface area contributed by atoms with Gasteiger partial charge >= 0.3 is 5.97 Å². The molecule has 1 aromatic rings. The molecule has 0 bridgehead atoms. The Balaban J connectivity index is 3.06. The average molecular weight is 243 g/mol. The highest BCUT2D eigenvalue weighted by atomic mass is 32.1. The molecular weight excluding hydrogens is 226 g/mol. The molecule has 0 fully saturated rings. The van der Waals surface area contributed by atoms with Crippen molar-refractivity contribution < 1.29 is 14.6 Å². The lowest BCUT2D eigenvalue weighted by Crippen LogP contribution is -2.02. The zero-order valence-electron chi connectivity index (χ0n) is 9.98. The Morgan fingerprint density at radius 2 is 2.12 bits per heavy atom. The first-order valence-electron chi connectivity index (χ1n) is 5.20. The van der Waals surface area contributed by atoms with E-state index in [0.717, 1.165) is 5.01 Å². The van der Waals surface area contributed by atoms with Crippen molar-refractivity contribution in [3.8, 4) is 0 Å². The summed E-state index contributed by atoms with van der Waals surface area (Å²) in [5, 5.41) is 9.91. The van der Waals surface area contributed by atoms with E-state index in [2.05, 4.69) is 4.98 Å². The maximum absolute atomic E-state index is 11.1. The van der Waals surface area contributed by atoms with Crippen LogP contribution in [0.25, 0.3) is 0 Å². The third-order valence-electron chi connectivity index (χ3n) is 2.25. The monoisotopic (exact) mass is 243 g/mol. The molecular formula is C11H17NO3S. The first kappa shape index (κ1) is 13.1. The SMILES string of the molecule is COCC(C)c1nc(C(C)C)c(C(=O)O)s1. The number of ether oxygens (including phenoxy) is 1. The Morgan fingerprint density at radius 1 is 1.50 bits per heavy atom. The van der Waals surface area contributed by atoms with Gasteiger partial charge in [-0.1, -0.05) is 20.8 Å². The summed E-state index contributed by atoms with van der Waals surface area (Å²) < 4.78 is 5.05. The summed E-state index contributed by atoms with van der Waals surface area (Å²) in [6.07, 6.45) is 0. The number of carboxylic acid groups (broad SMARTS) is 1. The van der Waals surface area contributed by atoms with Crippen LogP contribution in [-0.4, -0.2) is 29.8 Å². The van der Waals surface area contributed by atoms with E-state index in [9.17, 15) is 4.79 Å². The van der Waals surface area contributed by atoms with Gasteiger partial charge in [-0.25, -0.2) is 9.78 Å². The van der Waals surface area contributed by atoms with E-state index in [1.807, 2.05) is 20.8 Å². The number of hydrogen-bond acceptors (Lipinski definition) is 4. The summed E-state index contributed by atoms with van der Waals surface area (Å²) in [6.45, 7) is 6.45. The van der Waals surface area contributed by atoms with Gasteiger partial charge in [-0.15, -0.1) is 11.3 Å². The second kappa shape index (κ2) is 5.41. The van der Waals surface area contributed by atoms with E-state index in [4.69, 9.17) is 9.84 Å². The molecule has 5 heteroatoms. The molecule has 0 saturated heterocycles. The van der Waals surface area contributed by atoms with Crippen LogP contribution in [0.2, 0.25) is 0 Å². The molecule has 1 rings (SSSR count). The van der Waals surface area contributed by atoms with Gasteiger partial charge < -0.3 is 9.84 Å². The van der Waals surface area contributed by atoms with Gasteiger partial charge in [0.15, 0.2) is 0 Å². The smallest absolute Gasteiger partial charge is 0.347 e. The zero-order chi connectivity index (χ0) is 12.3. The molecule has 90 valence electrons. The summed E-state index contributed by atoms with van der Waals surface area (Å²) in [6, 6.07) is 0. The summed E-state index contributed by atoms with van der Waals surface area (Å²) in [4.78, 5) is 15.8. The van der Waals surface area contributed by atoms with Gasteiger partial charge in [0.1, 0.15) is 4.88 Å². The molecule has 1 atom stereocenters. The van der Waals surface area contributed by atoms with Crippen molar-refractivity contribution in [3.05, 3.63) is 15.6 Å². The van der Waals surface area contributed by atoms with E-state index in [-0.39, 0.29) is 11.8 Å². The topological polar surface area (TPSA) is 59.4 Å². The Bertz CT molecular complexity index is 373. The van der Waals surface area contributed by atoms with Crippen LogP contribution in [-0.2, 0) is 4.74 Å². The van der Waals surface area contributed by atoms with Crippen molar-refractivity contribution in [2.45, 2.75) is 32.6 Å². The fourth-order valence-corrected chi connectivity index (χ4v) is 2.52. The highest BCUT2D eigenvalue weighted by Crippen LogP contribution is 2.29. The van der Waals surface area contributed by atoms with E-state index in [0.29, 0.717) is 17.2 Å². The van der Waals surface area contributed by atoms with Crippen LogP contribution < -0.4 is 0 Å². The van der Waals surface area contributed by atoms with Crippen molar-refractivity contribution in [3.63, 3.8) is 0 Å². The van der Waals surface area contributed by atoms with Crippen molar-refractivity contribution in [1.82, 2.24) is 4.98 Å². The maximum Gasteiger partial charge on any atom is 0.347 e. The molecule has 0 radical (unpaired) electrons. The lowest BCUT2D eigenvalue weighted by atomic mass is 10.1. The number of nitrogens with zero attached hydrogens (tertiary/aromatic N) is 1. The summed E-state index contributed by atoms with van der Waals surface area (Å²) >= 11 is 1.25. The third kappa shape index (κ3) is 2.80. The second-order valence-electron chi connectivity index (χ2n) is 4.08. The molecule has 0 aliphatic carbocycles. The number of aromatic nitrogens is 1. The quantitative estimate of drug-likeness (QED) is 0.863. The van der Waals surface area contributed by atoms with Crippen LogP contribution in [0.3, 0.4) is 0 Å². The molecule has 1 heterocycles. The number of rotatable bonds is 5. The molecule has 0 spiro atoms. The van der Waals surface area contributed by atoms with E-state index < -0.39 is 5.97 Å². The van der Waals surface area contributed by atoms with Crippen molar-refractivity contribution >= 4 is 17.3 Å². The minimum atomic E-state index is -0.892. The third-order valence-corrected chi connectivity index (χ3v) is 3.54. The molecule has 0 aliphatic rings. The number of hydrogen-bond donors (Lipinski definition) is 1. The van der Waals surface area contributed by atoms with E-state index in [1.54, 1.807) is 7.11 Å². The molecule has 1 aromatic heterocycles. The molecule has 4 nitrogen and oxygen atoms in total. The Hall–Kier alpha value is -0.940. The predicted molar refractivity (Wildman–Crippen MR) is 63.5 cm³/mol. The highest BCUT2D eigenvalue weighted by Gasteiger charge is 2.21. The van der Waals surface area contributed by atoms with Crippen molar-refractivity contribution in [2.24, 2.45) is 0 Å². The predicted octanol–water partition coefficient (Wildman–Crippen LogP) is 2.71.